The van der Waals surface area contributed by atoms with Crippen molar-refractivity contribution < 1.29 is 29.3 Å². The Balaban J connectivity index is 2.53. The van der Waals surface area contributed by atoms with E-state index in [0.717, 1.165) is 0 Å². The van der Waals surface area contributed by atoms with Crippen LogP contribution in [0.2, 0.25) is 0 Å². The lowest BCUT2D eigenvalue weighted by molar-refractivity contribution is 0.0588. The number of esters is 2. The van der Waals surface area contributed by atoms with Gasteiger partial charge in [-0.1, -0.05) is 12.1 Å². The summed E-state index contributed by atoms with van der Waals surface area (Å²) in [6, 6.07) is 8.74. The lowest BCUT2D eigenvalue weighted by Gasteiger charge is -2.09. The number of carbonyl (C=O) groups excluding carboxylic acids is 2. The standard InChI is InChI=1S/C16H14O6/c1-21-15(19)11-7-9(3-5-13(11)17)10-4-6-14(18)12(8-10)16(20)22-2/h3-8,17-18H,1-2H3. The van der Waals surface area contributed by atoms with Gasteiger partial charge < -0.3 is 19.7 Å². The van der Waals surface area contributed by atoms with Crippen LogP contribution in [0.4, 0.5) is 0 Å². The molecule has 0 unspecified atom stereocenters. The van der Waals surface area contributed by atoms with Crippen LogP contribution in [-0.2, 0) is 9.47 Å². The van der Waals surface area contributed by atoms with Crippen LogP contribution in [0.5, 0.6) is 11.5 Å². The molecular weight excluding hydrogens is 288 g/mol. The van der Waals surface area contributed by atoms with Crippen molar-refractivity contribution in [2.75, 3.05) is 14.2 Å². The van der Waals surface area contributed by atoms with Crippen LogP contribution < -0.4 is 0 Å². The van der Waals surface area contributed by atoms with E-state index in [4.69, 9.17) is 0 Å². The largest absolute Gasteiger partial charge is 0.507 e. The Kier molecular flexibility index (Phi) is 4.31. The molecular formula is C16H14O6. The fourth-order valence-electron chi connectivity index (χ4n) is 1.98. The molecule has 0 saturated heterocycles. The van der Waals surface area contributed by atoms with Crippen LogP contribution in [0, 0.1) is 0 Å². The average molecular weight is 302 g/mol. The summed E-state index contributed by atoms with van der Waals surface area (Å²) in [6.45, 7) is 0. The molecule has 2 aromatic rings. The summed E-state index contributed by atoms with van der Waals surface area (Å²) < 4.78 is 9.19. The first-order chi connectivity index (χ1) is 10.5. The molecule has 22 heavy (non-hydrogen) atoms. The lowest BCUT2D eigenvalue weighted by atomic mass is 10.00. The number of phenols is 2. The van der Waals surface area contributed by atoms with E-state index in [1.165, 1.54) is 38.5 Å². The first kappa shape index (κ1) is 15.4. The minimum Gasteiger partial charge on any atom is -0.507 e. The van der Waals surface area contributed by atoms with Crippen molar-refractivity contribution in [2.24, 2.45) is 0 Å². The zero-order chi connectivity index (χ0) is 16.3. The topological polar surface area (TPSA) is 93.1 Å². The van der Waals surface area contributed by atoms with Gasteiger partial charge in [-0.15, -0.1) is 0 Å². The molecule has 0 saturated carbocycles. The number of hydrogen-bond acceptors (Lipinski definition) is 6. The fraction of sp³-hybridized carbons (Fsp3) is 0.125. The predicted octanol–water partition coefficient (Wildman–Crippen LogP) is 2.34. The van der Waals surface area contributed by atoms with Gasteiger partial charge in [0.15, 0.2) is 0 Å². The van der Waals surface area contributed by atoms with E-state index < -0.39 is 11.9 Å². The monoisotopic (exact) mass is 302 g/mol. The molecule has 2 aromatic carbocycles. The molecule has 0 radical (unpaired) electrons. The van der Waals surface area contributed by atoms with Crippen molar-refractivity contribution in [3.8, 4) is 22.6 Å². The molecule has 0 heterocycles. The van der Waals surface area contributed by atoms with Crippen molar-refractivity contribution in [1.29, 1.82) is 0 Å². The van der Waals surface area contributed by atoms with E-state index in [1.54, 1.807) is 12.1 Å². The van der Waals surface area contributed by atoms with Crippen LogP contribution in [0.25, 0.3) is 11.1 Å². The van der Waals surface area contributed by atoms with Gasteiger partial charge in [0.05, 0.1) is 14.2 Å². The zero-order valence-corrected chi connectivity index (χ0v) is 12.0. The minimum atomic E-state index is -0.675. The number of hydrogen-bond donors (Lipinski definition) is 2. The van der Waals surface area contributed by atoms with Crippen molar-refractivity contribution >= 4 is 11.9 Å². The molecule has 0 aliphatic rings. The van der Waals surface area contributed by atoms with Crippen LogP contribution in [0.3, 0.4) is 0 Å². The van der Waals surface area contributed by atoms with Gasteiger partial charge in [-0.05, 0) is 35.4 Å². The van der Waals surface area contributed by atoms with Crippen molar-refractivity contribution in [2.45, 2.75) is 0 Å². The van der Waals surface area contributed by atoms with E-state index in [-0.39, 0.29) is 22.6 Å². The number of aromatic hydroxyl groups is 2. The smallest absolute Gasteiger partial charge is 0.341 e. The fourth-order valence-corrected chi connectivity index (χ4v) is 1.98. The molecule has 0 aliphatic heterocycles. The molecule has 2 N–H and O–H groups in total. The first-order valence-electron chi connectivity index (χ1n) is 6.31. The third kappa shape index (κ3) is 2.85. The second-order valence-electron chi connectivity index (χ2n) is 4.45. The molecule has 6 nitrogen and oxygen atoms in total. The highest BCUT2D eigenvalue weighted by molar-refractivity contribution is 5.96. The molecule has 0 fully saturated rings. The second-order valence-corrected chi connectivity index (χ2v) is 4.45. The van der Waals surface area contributed by atoms with Crippen LogP contribution in [-0.4, -0.2) is 36.4 Å². The molecule has 0 atom stereocenters. The number of rotatable bonds is 3. The maximum absolute atomic E-state index is 11.6. The van der Waals surface area contributed by atoms with Gasteiger partial charge >= 0.3 is 11.9 Å². The Bertz CT molecular complexity index is 672. The van der Waals surface area contributed by atoms with Gasteiger partial charge in [0.1, 0.15) is 22.6 Å². The summed E-state index contributed by atoms with van der Waals surface area (Å²) in [5.74, 6) is -1.76. The minimum absolute atomic E-state index is 0.00712. The first-order valence-corrected chi connectivity index (χ1v) is 6.31. The Morgan fingerprint density at radius 2 is 1.14 bits per heavy atom. The summed E-state index contributed by atoms with van der Waals surface area (Å²) in [5.41, 5.74) is 1.16. The Morgan fingerprint density at radius 1 is 0.773 bits per heavy atom. The number of methoxy groups -OCH3 is 2. The van der Waals surface area contributed by atoms with Gasteiger partial charge in [-0.25, -0.2) is 9.59 Å². The lowest BCUT2D eigenvalue weighted by Crippen LogP contribution is -2.03. The molecule has 2 rings (SSSR count). The summed E-state index contributed by atoms with van der Waals surface area (Å²) in [5, 5.41) is 19.4. The summed E-state index contributed by atoms with van der Waals surface area (Å²) >= 11 is 0. The van der Waals surface area contributed by atoms with Gasteiger partial charge in [0, 0.05) is 0 Å². The van der Waals surface area contributed by atoms with Crippen molar-refractivity contribution in [1.82, 2.24) is 0 Å². The Hall–Kier alpha value is -3.02. The predicted molar refractivity (Wildman–Crippen MR) is 77.9 cm³/mol. The maximum atomic E-state index is 11.6. The van der Waals surface area contributed by atoms with E-state index in [1.807, 2.05) is 0 Å². The van der Waals surface area contributed by atoms with Gasteiger partial charge in [0.2, 0.25) is 0 Å². The molecule has 114 valence electrons. The van der Waals surface area contributed by atoms with Crippen LogP contribution >= 0.6 is 0 Å². The molecule has 0 aromatic heterocycles. The number of phenolic OH excluding ortho intramolecular Hbond substituents is 2. The molecule has 6 heteroatoms. The molecule has 0 spiro atoms. The second kappa shape index (κ2) is 6.17. The average Bonchev–Trinajstić information content (AvgIpc) is 2.54. The van der Waals surface area contributed by atoms with Crippen LogP contribution in [0.15, 0.2) is 36.4 Å². The summed E-state index contributed by atoms with van der Waals surface area (Å²) in [4.78, 5) is 23.2. The highest BCUT2D eigenvalue weighted by Gasteiger charge is 2.16. The third-order valence-corrected chi connectivity index (χ3v) is 3.14. The quantitative estimate of drug-likeness (QED) is 0.845. The maximum Gasteiger partial charge on any atom is 0.341 e. The highest BCUT2D eigenvalue weighted by Crippen LogP contribution is 2.30. The number of carbonyl (C=O) groups is 2. The van der Waals surface area contributed by atoms with Crippen molar-refractivity contribution in [3.63, 3.8) is 0 Å². The van der Waals surface area contributed by atoms with E-state index in [2.05, 4.69) is 9.47 Å². The van der Waals surface area contributed by atoms with E-state index in [9.17, 15) is 19.8 Å². The van der Waals surface area contributed by atoms with Gasteiger partial charge in [-0.3, -0.25) is 0 Å². The summed E-state index contributed by atoms with van der Waals surface area (Å²) in [7, 11) is 2.43. The normalized spacial score (nSPS) is 10.1. The van der Waals surface area contributed by atoms with E-state index >= 15 is 0 Å². The van der Waals surface area contributed by atoms with Gasteiger partial charge in [0.25, 0.3) is 0 Å². The Labute approximate surface area is 126 Å². The zero-order valence-electron chi connectivity index (χ0n) is 12.0. The molecule has 0 aliphatic carbocycles. The third-order valence-electron chi connectivity index (χ3n) is 3.14. The Morgan fingerprint density at radius 3 is 1.45 bits per heavy atom. The number of benzene rings is 2. The molecule has 0 bridgehead atoms. The van der Waals surface area contributed by atoms with E-state index in [0.29, 0.717) is 11.1 Å². The van der Waals surface area contributed by atoms with Crippen LogP contribution in [0.1, 0.15) is 20.7 Å². The highest BCUT2D eigenvalue weighted by atomic mass is 16.5. The van der Waals surface area contributed by atoms with Crippen molar-refractivity contribution in [3.05, 3.63) is 47.5 Å². The SMILES string of the molecule is COC(=O)c1cc(-c2ccc(O)c(C(=O)OC)c2)ccc1O. The van der Waals surface area contributed by atoms with Gasteiger partial charge in [-0.2, -0.15) is 0 Å². The molecule has 0 amide bonds. The number of ether oxygens (including phenoxy) is 2. The summed E-state index contributed by atoms with van der Waals surface area (Å²) in [6.07, 6.45) is 0.